The molecule has 0 bridgehead atoms. The van der Waals surface area contributed by atoms with Crippen molar-refractivity contribution in [1.82, 2.24) is 14.8 Å². The van der Waals surface area contributed by atoms with Gasteiger partial charge in [0.05, 0.1) is 0 Å². The molecule has 0 fully saturated rings. The van der Waals surface area contributed by atoms with Crippen molar-refractivity contribution in [3.8, 4) is 28.5 Å². The molecule has 0 atom stereocenters. The van der Waals surface area contributed by atoms with E-state index in [-0.39, 0.29) is 5.41 Å². The molecule has 34 heavy (non-hydrogen) atoms. The average Bonchev–Trinajstić information content (AvgIpc) is 3.12. The lowest BCUT2D eigenvalue weighted by Gasteiger charge is -2.19. The normalized spacial score (nSPS) is 13.6. The Morgan fingerprint density at radius 3 is 1.88 bits per heavy atom. The molecule has 0 saturated carbocycles. The van der Waals surface area contributed by atoms with Crippen LogP contribution in [0.3, 0.4) is 0 Å². The Kier molecular flexibility index (Phi) is 5.85. The molecule has 3 aromatic carbocycles. The highest BCUT2D eigenvalue weighted by Crippen LogP contribution is 2.31. The largest absolute Gasteiger partial charge is 0.275 e. The molecule has 0 spiro atoms. The molecule has 1 aliphatic rings. The summed E-state index contributed by atoms with van der Waals surface area (Å²) in [6, 6.07) is 27.6. The third kappa shape index (κ3) is 4.42. The second-order valence-electron chi connectivity index (χ2n) is 9.61. The molecule has 3 nitrogen and oxygen atoms in total. The van der Waals surface area contributed by atoms with Gasteiger partial charge in [-0.25, -0.2) is 0 Å². The van der Waals surface area contributed by atoms with Crippen LogP contribution in [0.1, 0.15) is 38.3 Å². The highest BCUT2D eigenvalue weighted by molar-refractivity contribution is 5.77. The van der Waals surface area contributed by atoms with Gasteiger partial charge in [0.25, 0.3) is 0 Å². The van der Waals surface area contributed by atoms with Gasteiger partial charge in [-0.05, 0) is 40.7 Å². The maximum Gasteiger partial charge on any atom is 0.168 e. The second-order valence-corrected chi connectivity index (χ2v) is 9.61. The molecule has 5 rings (SSSR count). The van der Waals surface area contributed by atoms with Crippen molar-refractivity contribution in [2.45, 2.75) is 32.6 Å². The highest BCUT2D eigenvalue weighted by atomic mass is 15.3. The van der Waals surface area contributed by atoms with Crippen LogP contribution in [0.15, 0.2) is 109 Å². The molecule has 1 aliphatic carbocycles. The maximum atomic E-state index is 4.64. The summed E-state index contributed by atoms with van der Waals surface area (Å²) in [6.45, 7) is 6.69. The van der Waals surface area contributed by atoms with Crippen LogP contribution in [0.5, 0.6) is 0 Å². The Labute approximate surface area is 201 Å². The molecular weight excluding hydrogens is 414 g/mol. The number of hydrogen-bond acceptors (Lipinski definition) is 2. The minimum atomic E-state index is 0.107. The topological polar surface area (TPSA) is 30.7 Å². The number of allylic oxidation sites excluding steroid dienone is 6. The molecule has 0 radical (unpaired) electrons. The zero-order valence-corrected chi connectivity index (χ0v) is 19.9. The summed E-state index contributed by atoms with van der Waals surface area (Å²) in [6.07, 6.45) is 11.8. The lowest BCUT2D eigenvalue weighted by atomic mass is 9.86. The van der Waals surface area contributed by atoms with Crippen molar-refractivity contribution in [3.63, 3.8) is 0 Å². The number of nitrogens with zero attached hydrogens (tertiary/aromatic N) is 3. The van der Waals surface area contributed by atoms with E-state index in [0.29, 0.717) is 0 Å². The number of rotatable bonds is 4. The van der Waals surface area contributed by atoms with Gasteiger partial charge >= 0.3 is 0 Å². The molecule has 1 aromatic heterocycles. The number of benzene rings is 3. The first-order valence-corrected chi connectivity index (χ1v) is 11.8. The molecule has 0 aliphatic heterocycles. The van der Waals surface area contributed by atoms with Gasteiger partial charge in [0.1, 0.15) is 0 Å². The summed E-state index contributed by atoms with van der Waals surface area (Å²) in [7, 11) is 0. The van der Waals surface area contributed by atoms with Gasteiger partial charge in [-0.1, -0.05) is 118 Å². The van der Waals surface area contributed by atoms with E-state index in [1.807, 2.05) is 18.2 Å². The Balaban J connectivity index is 1.58. The van der Waals surface area contributed by atoms with E-state index in [1.165, 1.54) is 16.7 Å². The summed E-state index contributed by atoms with van der Waals surface area (Å²) < 4.78 is 2.15. The number of para-hydroxylation sites is 1. The zero-order chi connectivity index (χ0) is 23.5. The molecule has 1 heterocycles. The van der Waals surface area contributed by atoms with Gasteiger partial charge in [-0.3, -0.25) is 4.57 Å². The molecule has 0 N–H and O–H groups in total. The van der Waals surface area contributed by atoms with Crippen LogP contribution in [0.25, 0.3) is 34.0 Å². The van der Waals surface area contributed by atoms with E-state index in [0.717, 1.165) is 34.9 Å². The summed E-state index contributed by atoms with van der Waals surface area (Å²) >= 11 is 0. The van der Waals surface area contributed by atoms with Crippen LogP contribution in [0, 0.1) is 0 Å². The first-order chi connectivity index (χ1) is 16.5. The van der Waals surface area contributed by atoms with Gasteiger partial charge in [0.15, 0.2) is 11.6 Å². The fourth-order valence-corrected chi connectivity index (χ4v) is 4.18. The summed E-state index contributed by atoms with van der Waals surface area (Å²) in [5.74, 6) is 1.67. The van der Waals surface area contributed by atoms with Gasteiger partial charge in [0, 0.05) is 16.8 Å². The van der Waals surface area contributed by atoms with E-state index in [9.17, 15) is 0 Å². The molecule has 0 saturated heterocycles. The van der Waals surface area contributed by atoms with Crippen LogP contribution < -0.4 is 0 Å². The minimum Gasteiger partial charge on any atom is -0.275 e. The smallest absolute Gasteiger partial charge is 0.168 e. The standard InChI is InChI=1S/C31H29N3/c1-31(2,3)27-21-19-26(20-22-27)30-33-32-29(34(30)28-13-9-6-10-14-28)25-17-15-24(16-18-25)23-11-7-4-5-8-12-23/h4,6-22H,5H2,1-3H3. The minimum absolute atomic E-state index is 0.107. The van der Waals surface area contributed by atoms with E-state index in [4.69, 9.17) is 0 Å². The Hall–Kier alpha value is -3.98. The number of hydrogen-bond donors (Lipinski definition) is 0. The summed E-state index contributed by atoms with van der Waals surface area (Å²) in [4.78, 5) is 0. The molecule has 4 aromatic rings. The monoisotopic (exact) mass is 443 g/mol. The average molecular weight is 444 g/mol. The Morgan fingerprint density at radius 1 is 0.676 bits per heavy atom. The third-order valence-electron chi connectivity index (χ3n) is 6.14. The maximum absolute atomic E-state index is 4.64. The second kappa shape index (κ2) is 9.11. The molecule has 3 heteroatoms. The van der Waals surface area contributed by atoms with Crippen molar-refractivity contribution in [2.24, 2.45) is 0 Å². The van der Waals surface area contributed by atoms with Gasteiger partial charge < -0.3 is 0 Å². The zero-order valence-electron chi connectivity index (χ0n) is 19.9. The van der Waals surface area contributed by atoms with Crippen molar-refractivity contribution in [2.75, 3.05) is 0 Å². The molecular formula is C31H29N3. The van der Waals surface area contributed by atoms with Crippen molar-refractivity contribution >= 4 is 5.57 Å². The van der Waals surface area contributed by atoms with Crippen LogP contribution in [-0.2, 0) is 5.41 Å². The fraction of sp³-hybridized carbons (Fsp3) is 0.161. The molecule has 168 valence electrons. The van der Waals surface area contributed by atoms with Crippen LogP contribution in [-0.4, -0.2) is 14.8 Å². The molecule has 0 unspecified atom stereocenters. The molecule has 0 amide bonds. The summed E-state index contributed by atoms with van der Waals surface area (Å²) in [5.41, 5.74) is 6.94. The Bertz CT molecular complexity index is 1360. The van der Waals surface area contributed by atoms with E-state index in [1.54, 1.807) is 0 Å². The fourth-order valence-electron chi connectivity index (χ4n) is 4.18. The van der Waals surface area contributed by atoms with Crippen LogP contribution in [0.4, 0.5) is 0 Å². The van der Waals surface area contributed by atoms with Gasteiger partial charge in [0.2, 0.25) is 0 Å². The third-order valence-corrected chi connectivity index (χ3v) is 6.14. The highest BCUT2D eigenvalue weighted by Gasteiger charge is 2.19. The van der Waals surface area contributed by atoms with Crippen molar-refractivity contribution < 1.29 is 0 Å². The van der Waals surface area contributed by atoms with Crippen molar-refractivity contribution in [3.05, 3.63) is 120 Å². The van der Waals surface area contributed by atoms with E-state index >= 15 is 0 Å². The predicted octanol–water partition coefficient (Wildman–Crippen LogP) is 7.80. The summed E-state index contributed by atoms with van der Waals surface area (Å²) in [5, 5.41) is 9.28. The SMILES string of the molecule is CC(C)(C)c1ccc(-c2nnc(-c3ccc(C4=CC=CCC=C4)cc3)n2-c2ccccc2)cc1. The Morgan fingerprint density at radius 2 is 1.26 bits per heavy atom. The van der Waals surface area contributed by atoms with Crippen LogP contribution in [0.2, 0.25) is 0 Å². The number of aromatic nitrogens is 3. The first kappa shape index (κ1) is 21.8. The van der Waals surface area contributed by atoms with Crippen molar-refractivity contribution in [1.29, 1.82) is 0 Å². The quantitative estimate of drug-likeness (QED) is 0.322. The lowest BCUT2D eigenvalue weighted by molar-refractivity contribution is 0.590. The van der Waals surface area contributed by atoms with E-state index < -0.39 is 0 Å². The first-order valence-electron chi connectivity index (χ1n) is 11.8. The van der Waals surface area contributed by atoms with E-state index in [2.05, 4.69) is 127 Å². The predicted molar refractivity (Wildman–Crippen MR) is 142 cm³/mol. The van der Waals surface area contributed by atoms with Gasteiger partial charge in [-0.15, -0.1) is 10.2 Å². The lowest BCUT2D eigenvalue weighted by Crippen LogP contribution is -2.10. The van der Waals surface area contributed by atoms with Crippen LogP contribution >= 0.6 is 0 Å². The van der Waals surface area contributed by atoms with Gasteiger partial charge in [-0.2, -0.15) is 0 Å².